The number of nitrogens with two attached hydrogens (primary N) is 1. The number of amides is 1. The van der Waals surface area contributed by atoms with Crippen LogP contribution in [0.15, 0.2) is 48.5 Å². The van der Waals surface area contributed by atoms with E-state index in [2.05, 4.69) is 0 Å². The molecule has 5 heteroatoms. The number of halogens is 1. The summed E-state index contributed by atoms with van der Waals surface area (Å²) >= 11 is 11.0. The highest BCUT2D eigenvalue weighted by Gasteiger charge is 2.13. The third-order valence-electron chi connectivity index (χ3n) is 3.19. The first kappa shape index (κ1) is 15.5. The lowest BCUT2D eigenvalue weighted by molar-refractivity contribution is -0.117. The van der Waals surface area contributed by atoms with Crippen LogP contribution in [0.2, 0.25) is 5.02 Å². The van der Waals surface area contributed by atoms with Gasteiger partial charge >= 0.3 is 0 Å². The molecule has 2 aromatic rings. The second-order valence-corrected chi connectivity index (χ2v) is 5.48. The van der Waals surface area contributed by atoms with Gasteiger partial charge in [0.05, 0.1) is 6.42 Å². The first-order valence-corrected chi connectivity index (χ1v) is 7.17. The van der Waals surface area contributed by atoms with Gasteiger partial charge in [0.25, 0.3) is 0 Å². The van der Waals surface area contributed by atoms with Gasteiger partial charge in [-0.05, 0) is 23.8 Å². The summed E-state index contributed by atoms with van der Waals surface area (Å²) in [5, 5.41) is 0.594. The van der Waals surface area contributed by atoms with Crippen LogP contribution in [0.4, 0.5) is 5.69 Å². The maximum atomic E-state index is 12.3. The molecule has 0 fully saturated rings. The summed E-state index contributed by atoms with van der Waals surface area (Å²) in [5.74, 6) is -0.0526. The molecular weight excluding hydrogens is 304 g/mol. The maximum Gasteiger partial charge on any atom is 0.231 e. The van der Waals surface area contributed by atoms with E-state index in [0.29, 0.717) is 10.0 Å². The van der Waals surface area contributed by atoms with Crippen LogP contribution >= 0.6 is 23.8 Å². The molecular formula is C16H15ClN2OS. The smallest absolute Gasteiger partial charge is 0.231 e. The summed E-state index contributed by atoms with van der Waals surface area (Å²) in [5.41, 5.74) is 7.90. The van der Waals surface area contributed by atoms with Crippen LogP contribution in [-0.2, 0) is 11.2 Å². The summed E-state index contributed by atoms with van der Waals surface area (Å²) in [6, 6.07) is 14.6. The van der Waals surface area contributed by atoms with E-state index < -0.39 is 0 Å². The van der Waals surface area contributed by atoms with E-state index >= 15 is 0 Å². The molecule has 0 radical (unpaired) electrons. The van der Waals surface area contributed by atoms with Crippen molar-refractivity contribution in [2.75, 3.05) is 11.9 Å². The number of carbonyl (C=O) groups is 1. The lowest BCUT2D eigenvalue weighted by atomic mass is 10.1. The number of likely N-dealkylation sites (N-methyl/N-ethyl adjacent to an activating group) is 1. The lowest BCUT2D eigenvalue weighted by Gasteiger charge is -2.18. The molecule has 0 aliphatic heterocycles. The van der Waals surface area contributed by atoms with Crippen LogP contribution in [0.3, 0.4) is 0 Å². The van der Waals surface area contributed by atoms with Gasteiger partial charge in [0, 0.05) is 23.3 Å². The van der Waals surface area contributed by atoms with Crippen molar-refractivity contribution in [2.24, 2.45) is 5.73 Å². The van der Waals surface area contributed by atoms with Gasteiger partial charge in [-0.25, -0.2) is 0 Å². The predicted octanol–water partition coefficient (Wildman–Crippen LogP) is 3.18. The van der Waals surface area contributed by atoms with Crippen molar-refractivity contribution < 1.29 is 4.79 Å². The molecule has 1 amide bonds. The fraction of sp³-hybridized carbons (Fsp3) is 0.125. The highest BCUT2D eigenvalue weighted by atomic mass is 35.5. The van der Waals surface area contributed by atoms with E-state index in [1.165, 1.54) is 0 Å². The van der Waals surface area contributed by atoms with E-state index in [4.69, 9.17) is 29.6 Å². The second-order valence-electron chi connectivity index (χ2n) is 4.64. The van der Waals surface area contributed by atoms with Gasteiger partial charge in [0.1, 0.15) is 4.99 Å². The van der Waals surface area contributed by atoms with Crippen molar-refractivity contribution >= 4 is 40.4 Å². The molecule has 21 heavy (non-hydrogen) atoms. The highest BCUT2D eigenvalue weighted by molar-refractivity contribution is 7.80. The number of carbonyl (C=O) groups excluding carboxylic acids is 1. The predicted molar refractivity (Wildman–Crippen MR) is 90.9 cm³/mol. The summed E-state index contributed by atoms with van der Waals surface area (Å²) in [4.78, 5) is 14.2. The molecule has 0 aliphatic rings. The van der Waals surface area contributed by atoms with E-state index in [0.717, 1.165) is 16.8 Å². The molecule has 0 bridgehead atoms. The number of hydrogen-bond donors (Lipinski definition) is 1. The Labute approximate surface area is 134 Å². The normalized spacial score (nSPS) is 10.2. The van der Waals surface area contributed by atoms with Crippen molar-refractivity contribution in [1.29, 1.82) is 0 Å². The summed E-state index contributed by atoms with van der Waals surface area (Å²) < 4.78 is 0. The third-order valence-corrected chi connectivity index (χ3v) is 3.80. The molecule has 2 rings (SSSR count). The van der Waals surface area contributed by atoms with E-state index in [1.54, 1.807) is 24.1 Å². The zero-order chi connectivity index (χ0) is 15.4. The van der Waals surface area contributed by atoms with Crippen LogP contribution in [0.5, 0.6) is 0 Å². The molecule has 2 aromatic carbocycles. The van der Waals surface area contributed by atoms with Gasteiger partial charge in [0.2, 0.25) is 5.91 Å². The molecule has 108 valence electrons. The number of benzene rings is 2. The average Bonchev–Trinajstić information content (AvgIpc) is 2.49. The molecule has 0 saturated carbocycles. The van der Waals surface area contributed by atoms with Crippen molar-refractivity contribution in [3.63, 3.8) is 0 Å². The van der Waals surface area contributed by atoms with Crippen molar-refractivity contribution in [1.82, 2.24) is 0 Å². The number of rotatable bonds is 4. The van der Waals surface area contributed by atoms with Crippen LogP contribution in [0.25, 0.3) is 0 Å². The minimum absolute atomic E-state index is 0.0526. The van der Waals surface area contributed by atoms with Gasteiger partial charge in [0.15, 0.2) is 0 Å². The fourth-order valence-electron chi connectivity index (χ4n) is 1.94. The highest BCUT2D eigenvalue weighted by Crippen LogP contribution is 2.19. The Hall–Kier alpha value is -1.91. The van der Waals surface area contributed by atoms with Gasteiger partial charge < -0.3 is 10.6 Å². The maximum absolute atomic E-state index is 12.3. The zero-order valence-corrected chi connectivity index (χ0v) is 13.1. The fourth-order valence-corrected chi connectivity index (χ4v) is 2.26. The molecule has 0 unspecified atom stereocenters. The van der Waals surface area contributed by atoms with E-state index in [9.17, 15) is 4.79 Å². The van der Waals surface area contributed by atoms with Gasteiger partial charge in [-0.15, -0.1) is 0 Å². The minimum atomic E-state index is -0.0526. The van der Waals surface area contributed by atoms with E-state index in [1.807, 2.05) is 36.4 Å². The number of thiocarbonyl (C=S) groups is 1. The Morgan fingerprint density at radius 1 is 1.24 bits per heavy atom. The summed E-state index contributed by atoms with van der Waals surface area (Å²) in [6.45, 7) is 0. The molecule has 2 N–H and O–H groups in total. The SMILES string of the molecule is CN(C(=O)Cc1ccccc1Cl)c1cccc(C(N)=S)c1. The average molecular weight is 319 g/mol. The Morgan fingerprint density at radius 2 is 1.95 bits per heavy atom. The lowest BCUT2D eigenvalue weighted by Crippen LogP contribution is -2.28. The largest absolute Gasteiger partial charge is 0.389 e. The Kier molecular flexibility index (Phi) is 4.94. The number of anilines is 1. The quantitative estimate of drug-likeness (QED) is 0.881. The topological polar surface area (TPSA) is 46.3 Å². The Morgan fingerprint density at radius 3 is 2.62 bits per heavy atom. The standard InChI is InChI=1S/C16H15ClN2OS/c1-19(13-7-4-6-12(9-13)16(18)21)15(20)10-11-5-2-3-8-14(11)17/h2-9H,10H2,1H3,(H2,18,21). The van der Waals surface area contributed by atoms with Crippen molar-refractivity contribution in [3.8, 4) is 0 Å². The van der Waals surface area contributed by atoms with Gasteiger partial charge in [-0.3, -0.25) is 4.79 Å². The van der Waals surface area contributed by atoms with Crippen LogP contribution in [0.1, 0.15) is 11.1 Å². The Bertz CT molecular complexity index is 687. The first-order chi connectivity index (χ1) is 9.99. The van der Waals surface area contributed by atoms with Gasteiger partial charge in [-0.2, -0.15) is 0 Å². The molecule has 0 aromatic heterocycles. The zero-order valence-electron chi connectivity index (χ0n) is 11.5. The molecule has 0 saturated heterocycles. The van der Waals surface area contributed by atoms with Crippen LogP contribution in [0, 0.1) is 0 Å². The molecule has 0 heterocycles. The van der Waals surface area contributed by atoms with Crippen LogP contribution < -0.4 is 10.6 Å². The molecule has 0 atom stereocenters. The van der Waals surface area contributed by atoms with Crippen molar-refractivity contribution in [3.05, 3.63) is 64.7 Å². The summed E-state index contributed by atoms with van der Waals surface area (Å²) in [6.07, 6.45) is 0.244. The summed E-state index contributed by atoms with van der Waals surface area (Å²) in [7, 11) is 1.72. The van der Waals surface area contributed by atoms with Gasteiger partial charge in [-0.1, -0.05) is 54.2 Å². The third kappa shape index (κ3) is 3.80. The second kappa shape index (κ2) is 6.70. The van der Waals surface area contributed by atoms with E-state index in [-0.39, 0.29) is 12.3 Å². The van der Waals surface area contributed by atoms with Crippen LogP contribution in [-0.4, -0.2) is 17.9 Å². The number of hydrogen-bond acceptors (Lipinski definition) is 2. The molecule has 0 spiro atoms. The molecule has 0 aliphatic carbocycles. The monoisotopic (exact) mass is 318 g/mol. The first-order valence-electron chi connectivity index (χ1n) is 6.39. The minimum Gasteiger partial charge on any atom is -0.389 e. The van der Waals surface area contributed by atoms with Crippen molar-refractivity contribution in [2.45, 2.75) is 6.42 Å². The molecule has 3 nitrogen and oxygen atoms in total. The number of nitrogens with zero attached hydrogens (tertiary/aromatic N) is 1. The Balaban J connectivity index is 2.18.